The van der Waals surface area contributed by atoms with E-state index in [0.29, 0.717) is 6.42 Å². The van der Waals surface area contributed by atoms with E-state index in [0.717, 1.165) is 4.31 Å². The van der Waals surface area contributed by atoms with Crippen LogP contribution in [0.1, 0.15) is 20.3 Å². The Morgan fingerprint density at radius 1 is 1.42 bits per heavy atom. The molecular weight excluding hydrogens is 274 g/mol. The van der Waals surface area contributed by atoms with Crippen LogP contribution in [0.15, 0.2) is 0 Å². The van der Waals surface area contributed by atoms with E-state index in [1.165, 1.54) is 21.0 Å². The highest BCUT2D eigenvalue weighted by Gasteiger charge is 2.40. The second kappa shape index (κ2) is 5.46. The summed E-state index contributed by atoms with van der Waals surface area (Å²) in [5.41, 5.74) is -1.16. The highest BCUT2D eigenvalue weighted by atomic mass is 32.2. The SMILES string of the molecule is COC(=O)C(C)(C)CS(=O)(=O)N1CCC(C(=O)O)C1. The summed E-state index contributed by atoms with van der Waals surface area (Å²) in [6.45, 7) is 3.12. The molecule has 0 saturated carbocycles. The topological polar surface area (TPSA) is 101 Å². The fourth-order valence-corrected chi connectivity index (χ4v) is 4.07. The standard InChI is InChI=1S/C11H19NO6S/c1-11(2,10(15)18-3)7-19(16,17)12-5-4-8(6-12)9(13)14/h8H,4-7H2,1-3H3,(H,13,14). The molecule has 0 spiro atoms. The molecule has 0 aromatic carbocycles. The van der Waals surface area contributed by atoms with E-state index in [1.54, 1.807) is 0 Å². The average molecular weight is 293 g/mol. The van der Waals surface area contributed by atoms with Crippen molar-refractivity contribution in [3.05, 3.63) is 0 Å². The molecule has 7 nitrogen and oxygen atoms in total. The minimum Gasteiger partial charge on any atom is -0.481 e. The Morgan fingerprint density at radius 2 is 2.00 bits per heavy atom. The Balaban J connectivity index is 2.78. The summed E-state index contributed by atoms with van der Waals surface area (Å²) in [6, 6.07) is 0. The van der Waals surface area contributed by atoms with Crippen molar-refractivity contribution in [1.29, 1.82) is 0 Å². The maximum Gasteiger partial charge on any atom is 0.312 e. The predicted octanol–water partition coefficient (Wildman–Crippen LogP) is -0.0781. The quantitative estimate of drug-likeness (QED) is 0.712. The molecule has 1 atom stereocenters. The zero-order valence-electron chi connectivity index (χ0n) is 11.2. The van der Waals surface area contributed by atoms with Gasteiger partial charge >= 0.3 is 11.9 Å². The molecule has 8 heteroatoms. The number of hydrogen-bond acceptors (Lipinski definition) is 5. The molecule has 1 rings (SSSR count). The van der Waals surface area contributed by atoms with Crippen molar-refractivity contribution >= 4 is 22.0 Å². The number of hydrogen-bond donors (Lipinski definition) is 1. The van der Waals surface area contributed by atoms with Crippen LogP contribution in [-0.4, -0.2) is 55.7 Å². The van der Waals surface area contributed by atoms with Crippen LogP contribution in [0.25, 0.3) is 0 Å². The van der Waals surface area contributed by atoms with E-state index in [1.807, 2.05) is 0 Å². The lowest BCUT2D eigenvalue weighted by Crippen LogP contribution is -2.40. The summed E-state index contributed by atoms with van der Waals surface area (Å²) in [6.07, 6.45) is 0.299. The van der Waals surface area contributed by atoms with Gasteiger partial charge in [0.2, 0.25) is 10.0 Å². The van der Waals surface area contributed by atoms with Gasteiger partial charge in [-0.15, -0.1) is 0 Å². The van der Waals surface area contributed by atoms with Crippen LogP contribution in [0, 0.1) is 11.3 Å². The van der Waals surface area contributed by atoms with Crippen molar-refractivity contribution in [1.82, 2.24) is 4.31 Å². The first-order chi connectivity index (χ1) is 8.60. The zero-order valence-corrected chi connectivity index (χ0v) is 12.1. The molecule has 1 heterocycles. The van der Waals surface area contributed by atoms with E-state index in [4.69, 9.17) is 5.11 Å². The summed E-state index contributed by atoms with van der Waals surface area (Å²) in [5, 5.41) is 8.86. The van der Waals surface area contributed by atoms with Crippen molar-refractivity contribution in [3.63, 3.8) is 0 Å². The van der Waals surface area contributed by atoms with Gasteiger partial charge in [0.1, 0.15) is 0 Å². The molecular formula is C11H19NO6S. The Hall–Kier alpha value is -1.15. The molecule has 110 valence electrons. The summed E-state index contributed by atoms with van der Waals surface area (Å²) in [5.74, 6) is -2.66. The van der Waals surface area contributed by atoms with Crippen LogP contribution < -0.4 is 0 Å². The second-order valence-corrected chi connectivity index (χ2v) is 7.28. The van der Waals surface area contributed by atoms with Crippen LogP contribution in [0.5, 0.6) is 0 Å². The molecule has 0 aromatic heterocycles. The maximum absolute atomic E-state index is 12.2. The van der Waals surface area contributed by atoms with Gasteiger partial charge in [0.05, 0.1) is 24.2 Å². The van der Waals surface area contributed by atoms with E-state index < -0.39 is 33.3 Å². The van der Waals surface area contributed by atoms with Gasteiger partial charge in [-0.25, -0.2) is 12.7 Å². The molecule has 1 aliphatic heterocycles. The smallest absolute Gasteiger partial charge is 0.312 e. The Labute approximate surface area is 112 Å². The summed E-state index contributed by atoms with van der Waals surface area (Å²) in [7, 11) is -2.47. The molecule has 1 unspecified atom stereocenters. The lowest BCUT2D eigenvalue weighted by Gasteiger charge is -2.24. The number of nitrogens with zero attached hydrogens (tertiary/aromatic N) is 1. The number of carboxylic acids is 1. The van der Waals surface area contributed by atoms with Crippen LogP contribution in [0.2, 0.25) is 0 Å². The monoisotopic (exact) mass is 293 g/mol. The summed E-state index contributed by atoms with van der Waals surface area (Å²) >= 11 is 0. The third-order valence-corrected chi connectivity index (χ3v) is 5.38. The fraction of sp³-hybridized carbons (Fsp3) is 0.818. The third kappa shape index (κ3) is 3.66. The fourth-order valence-electron chi connectivity index (χ4n) is 2.06. The number of ether oxygens (including phenoxy) is 1. The van der Waals surface area contributed by atoms with Gasteiger partial charge in [-0.05, 0) is 20.3 Å². The molecule has 0 aromatic rings. The van der Waals surface area contributed by atoms with E-state index in [-0.39, 0.29) is 18.8 Å². The van der Waals surface area contributed by atoms with E-state index in [2.05, 4.69) is 4.74 Å². The van der Waals surface area contributed by atoms with Gasteiger partial charge in [-0.3, -0.25) is 9.59 Å². The maximum atomic E-state index is 12.2. The normalized spacial score (nSPS) is 21.3. The number of carbonyl (C=O) groups excluding carboxylic acids is 1. The lowest BCUT2D eigenvalue weighted by atomic mass is 9.97. The number of methoxy groups -OCH3 is 1. The number of esters is 1. The van der Waals surface area contributed by atoms with Crippen molar-refractivity contribution < 1.29 is 27.9 Å². The molecule has 0 aliphatic carbocycles. The first kappa shape index (κ1) is 15.9. The second-order valence-electron chi connectivity index (χ2n) is 5.31. The van der Waals surface area contributed by atoms with Crippen LogP contribution in [-0.2, 0) is 24.3 Å². The van der Waals surface area contributed by atoms with Crippen molar-refractivity contribution in [2.45, 2.75) is 20.3 Å². The molecule has 1 N–H and O–H groups in total. The molecule has 1 fully saturated rings. The Kier molecular flexibility index (Phi) is 4.57. The predicted molar refractivity (Wildman–Crippen MR) is 66.9 cm³/mol. The van der Waals surface area contributed by atoms with Gasteiger partial charge in [0.25, 0.3) is 0 Å². The third-order valence-electron chi connectivity index (χ3n) is 3.17. The van der Waals surface area contributed by atoms with Gasteiger partial charge in [0.15, 0.2) is 0 Å². The summed E-state index contributed by atoms with van der Waals surface area (Å²) in [4.78, 5) is 22.3. The number of carboxylic acid groups (broad SMARTS) is 1. The number of aliphatic carboxylic acids is 1. The summed E-state index contributed by atoms with van der Waals surface area (Å²) < 4.78 is 30.0. The molecule has 0 radical (unpaired) electrons. The van der Waals surface area contributed by atoms with Crippen LogP contribution in [0.3, 0.4) is 0 Å². The average Bonchev–Trinajstić information content (AvgIpc) is 2.76. The van der Waals surface area contributed by atoms with Gasteiger partial charge in [-0.1, -0.05) is 0 Å². The highest BCUT2D eigenvalue weighted by Crippen LogP contribution is 2.26. The number of sulfonamides is 1. The highest BCUT2D eigenvalue weighted by molar-refractivity contribution is 7.89. The van der Waals surface area contributed by atoms with Crippen molar-refractivity contribution in [2.24, 2.45) is 11.3 Å². The van der Waals surface area contributed by atoms with Crippen LogP contribution >= 0.6 is 0 Å². The number of carbonyl (C=O) groups is 2. The first-order valence-corrected chi connectivity index (χ1v) is 7.50. The van der Waals surface area contributed by atoms with E-state index >= 15 is 0 Å². The molecule has 0 bridgehead atoms. The van der Waals surface area contributed by atoms with E-state index in [9.17, 15) is 18.0 Å². The van der Waals surface area contributed by atoms with Crippen molar-refractivity contribution in [2.75, 3.05) is 26.0 Å². The largest absolute Gasteiger partial charge is 0.481 e. The molecule has 0 amide bonds. The first-order valence-electron chi connectivity index (χ1n) is 5.89. The van der Waals surface area contributed by atoms with Crippen LogP contribution in [0.4, 0.5) is 0 Å². The minimum absolute atomic E-state index is 0.0328. The lowest BCUT2D eigenvalue weighted by molar-refractivity contribution is -0.149. The van der Waals surface area contributed by atoms with Gasteiger partial charge in [-0.2, -0.15) is 0 Å². The molecule has 19 heavy (non-hydrogen) atoms. The Morgan fingerprint density at radius 3 is 2.42 bits per heavy atom. The van der Waals surface area contributed by atoms with Crippen molar-refractivity contribution in [3.8, 4) is 0 Å². The minimum atomic E-state index is -3.67. The van der Waals surface area contributed by atoms with Gasteiger partial charge < -0.3 is 9.84 Å². The zero-order chi connectivity index (χ0) is 14.8. The number of rotatable bonds is 5. The molecule has 1 aliphatic rings. The Bertz CT molecular complexity index is 470. The van der Waals surface area contributed by atoms with Gasteiger partial charge in [0, 0.05) is 13.1 Å². The molecule has 1 saturated heterocycles.